The molecule has 0 aliphatic rings. The Labute approximate surface area is 183 Å². The molecular formula is C20H37N5O6. The number of carboxylic acid groups (broad SMARTS) is 1. The summed E-state index contributed by atoms with van der Waals surface area (Å²) in [7, 11) is 0. The molecule has 4 unspecified atom stereocenters. The smallest absolute Gasteiger partial charge is 0.325 e. The Kier molecular flexibility index (Phi) is 12.4. The van der Waals surface area contributed by atoms with E-state index in [0.29, 0.717) is 6.42 Å². The summed E-state index contributed by atoms with van der Waals surface area (Å²) < 4.78 is 0. The fraction of sp³-hybridized carbons (Fsp3) is 0.750. The Balaban J connectivity index is 5.32. The fourth-order valence-electron chi connectivity index (χ4n) is 2.76. The number of hydrogen-bond acceptors (Lipinski definition) is 6. The number of nitrogens with one attached hydrogen (secondary N) is 3. The van der Waals surface area contributed by atoms with Gasteiger partial charge < -0.3 is 32.5 Å². The lowest BCUT2D eigenvalue weighted by Gasteiger charge is -2.26. The van der Waals surface area contributed by atoms with E-state index in [4.69, 9.17) is 16.6 Å². The first kappa shape index (κ1) is 28.3. The maximum atomic E-state index is 12.9. The van der Waals surface area contributed by atoms with Gasteiger partial charge in [0.05, 0.1) is 6.04 Å². The van der Waals surface area contributed by atoms with Crippen molar-refractivity contribution >= 4 is 29.6 Å². The molecule has 0 aromatic rings. The molecule has 0 fully saturated rings. The molecule has 11 nitrogen and oxygen atoms in total. The van der Waals surface area contributed by atoms with Gasteiger partial charge in [0, 0.05) is 6.42 Å². The van der Waals surface area contributed by atoms with Crippen LogP contribution in [0.2, 0.25) is 0 Å². The predicted octanol–water partition coefficient (Wildman–Crippen LogP) is -0.770. The first-order chi connectivity index (χ1) is 14.2. The summed E-state index contributed by atoms with van der Waals surface area (Å²) >= 11 is 0. The van der Waals surface area contributed by atoms with Crippen molar-refractivity contribution in [2.75, 3.05) is 0 Å². The number of aliphatic carboxylic acids is 1. The van der Waals surface area contributed by atoms with E-state index >= 15 is 0 Å². The highest BCUT2D eigenvalue weighted by Crippen LogP contribution is 2.10. The molecule has 0 aliphatic carbocycles. The zero-order valence-electron chi connectivity index (χ0n) is 18.9. The number of nitrogens with two attached hydrogens (primary N) is 2. The lowest BCUT2D eigenvalue weighted by Crippen LogP contribution is -2.57. The van der Waals surface area contributed by atoms with E-state index in [1.165, 1.54) is 6.92 Å². The molecule has 0 spiro atoms. The quantitative estimate of drug-likeness (QED) is 0.203. The normalized spacial score (nSPS) is 15.0. The van der Waals surface area contributed by atoms with Crippen molar-refractivity contribution in [1.29, 1.82) is 0 Å². The number of carbonyl (C=O) groups excluding carboxylic acids is 4. The van der Waals surface area contributed by atoms with Gasteiger partial charge in [0.15, 0.2) is 0 Å². The van der Waals surface area contributed by atoms with E-state index in [1.807, 2.05) is 27.7 Å². The van der Waals surface area contributed by atoms with Crippen LogP contribution in [0.25, 0.3) is 0 Å². The molecule has 0 radical (unpaired) electrons. The zero-order chi connectivity index (χ0) is 24.3. The van der Waals surface area contributed by atoms with Crippen molar-refractivity contribution in [2.45, 2.75) is 84.5 Å². The highest BCUT2D eigenvalue weighted by molar-refractivity contribution is 5.94. The van der Waals surface area contributed by atoms with Crippen molar-refractivity contribution in [3.8, 4) is 0 Å². The molecule has 11 heteroatoms. The van der Waals surface area contributed by atoms with Crippen LogP contribution in [0.15, 0.2) is 0 Å². The van der Waals surface area contributed by atoms with E-state index in [0.717, 1.165) is 0 Å². The Hall–Kier alpha value is -2.69. The summed E-state index contributed by atoms with van der Waals surface area (Å²) in [6, 6.07) is -4.05. The van der Waals surface area contributed by atoms with Gasteiger partial charge in [-0.2, -0.15) is 0 Å². The topological polar surface area (TPSA) is 194 Å². The number of hydrogen-bond donors (Lipinski definition) is 6. The van der Waals surface area contributed by atoms with Crippen LogP contribution in [0.5, 0.6) is 0 Å². The summed E-state index contributed by atoms with van der Waals surface area (Å²) in [5, 5.41) is 16.5. The van der Waals surface area contributed by atoms with E-state index in [-0.39, 0.29) is 31.1 Å². The summed E-state index contributed by atoms with van der Waals surface area (Å²) in [6.45, 7) is 8.78. The van der Waals surface area contributed by atoms with Crippen LogP contribution in [0, 0.1) is 11.8 Å². The summed E-state index contributed by atoms with van der Waals surface area (Å²) in [6.07, 6.45) is 0.558. The minimum absolute atomic E-state index is 0.0385. The average Bonchev–Trinajstić information content (AvgIpc) is 2.63. The van der Waals surface area contributed by atoms with E-state index < -0.39 is 53.8 Å². The molecule has 0 aromatic heterocycles. The standard InChI is InChI=1S/C20H37N5O6/c1-10(2)8-14(18(28)23-12(5)20(30)31)25-19(29)15(9-11(3)4)24-17(27)13(21)6-7-16(22)26/h10-15H,6-9,21H2,1-5H3,(H2,22,26)(H,23,28)(H,24,27)(H,25,29)(H,30,31). The Morgan fingerprint density at radius 3 is 1.58 bits per heavy atom. The molecule has 31 heavy (non-hydrogen) atoms. The van der Waals surface area contributed by atoms with Crippen LogP contribution in [-0.4, -0.2) is 58.9 Å². The first-order valence-corrected chi connectivity index (χ1v) is 10.4. The fourth-order valence-corrected chi connectivity index (χ4v) is 2.76. The largest absolute Gasteiger partial charge is 0.480 e. The molecule has 0 heterocycles. The van der Waals surface area contributed by atoms with Gasteiger partial charge in [0.25, 0.3) is 0 Å². The molecule has 0 aliphatic heterocycles. The van der Waals surface area contributed by atoms with Gasteiger partial charge >= 0.3 is 5.97 Å². The third-order valence-electron chi connectivity index (χ3n) is 4.45. The van der Waals surface area contributed by atoms with E-state index in [9.17, 15) is 24.0 Å². The summed E-state index contributed by atoms with van der Waals surface area (Å²) in [5.41, 5.74) is 10.8. The second kappa shape index (κ2) is 13.6. The van der Waals surface area contributed by atoms with Crippen LogP contribution < -0.4 is 27.4 Å². The van der Waals surface area contributed by atoms with Crippen molar-refractivity contribution in [2.24, 2.45) is 23.3 Å². The maximum Gasteiger partial charge on any atom is 0.325 e. The van der Waals surface area contributed by atoms with E-state index in [1.54, 1.807) is 0 Å². The van der Waals surface area contributed by atoms with Gasteiger partial charge in [0.2, 0.25) is 23.6 Å². The monoisotopic (exact) mass is 443 g/mol. The SMILES string of the molecule is CC(C)CC(NC(=O)C(N)CCC(N)=O)C(=O)NC(CC(C)C)C(=O)NC(C)C(=O)O. The van der Waals surface area contributed by atoms with Crippen LogP contribution >= 0.6 is 0 Å². The maximum absolute atomic E-state index is 12.9. The van der Waals surface area contributed by atoms with Gasteiger partial charge in [-0.05, 0) is 38.0 Å². The first-order valence-electron chi connectivity index (χ1n) is 10.4. The number of rotatable bonds is 14. The van der Waals surface area contributed by atoms with Crippen molar-refractivity contribution in [3.63, 3.8) is 0 Å². The molecular weight excluding hydrogens is 406 g/mol. The van der Waals surface area contributed by atoms with Crippen LogP contribution in [-0.2, 0) is 24.0 Å². The minimum atomic E-state index is -1.20. The lowest BCUT2D eigenvalue weighted by molar-refractivity contribution is -0.142. The molecule has 178 valence electrons. The Morgan fingerprint density at radius 1 is 0.774 bits per heavy atom. The van der Waals surface area contributed by atoms with E-state index in [2.05, 4.69) is 16.0 Å². The molecule has 0 saturated heterocycles. The van der Waals surface area contributed by atoms with Crippen molar-refractivity contribution < 1.29 is 29.1 Å². The summed E-state index contributed by atoms with van der Waals surface area (Å²) in [5.74, 6) is -3.50. The number of primary amides is 1. The number of carboxylic acids is 1. The van der Waals surface area contributed by atoms with Crippen molar-refractivity contribution in [1.82, 2.24) is 16.0 Å². The molecule has 8 N–H and O–H groups in total. The minimum Gasteiger partial charge on any atom is -0.480 e. The predicted molar refractivity (Wildman–Crippen MR) is 114 cm³/mol. The molecule has 4 atom stereocenters. The third-order valence-corrected chi connectivity index (χ3v) is 4.45. The third kappa shape index (κ3) is 11.9. The van der Waals surface area contributed by atoms with Gasteiger partial charge in [-0.25, -0.2) is 0 Å². The highest BCUT2D eigenvalue weighted by atomic mass is 16.4. The van der Waals surface area contributed by atoms with Gasteiger partial charge in [-0.1, -0.05) is 27.7 Å². The second-order valence-electron chi connectivity index (χ2n) is 8.56. The van der Waals surface area contributed by atoms with Gasteiger partial charge in [-0.3, -0.25) is 24.0 Å². The highest BCUT2D eigenvalue weighted by Gasteiger charge is 2.30. The number of carbonyl (C=O) groups is 5. The Morgan fingerprint density at radius 2 is 1.19 bits per heavy atom. The molecule has 0 rings (SSSR count). The molecule has 0 bridgehead atoms. The van der Waals surface area contributed by atoms with Gasteiger partial charge in [0.1, 0.15) is 18.1 Å². The molecule has 4 amide bonds. The summed E-state index contributed by atoms with van der Waals surface area (Å²) in [4.78, 5) is 59.7. The number of amides is 4. The molecule has 0 aromatic carbocycles. The zero-order valence-corrected chi connectivity index (χ0v) is 18.9. The Bertz CT molecular complexity index is 652. The van der Waals surface area contributed by atoms with Crippen LogP contribution in [0.4, 0.5) is 0 Å². The van der Waals surface area contributed by atoms with Crippen LogP contribution in [0.1, 0.15) is 60.3 Å². The van der Waals surface area contributed by atoms with Crippen LogP contribution in [0.3, 0.4) is 0 Å². The van der Waals surface area contributed by atoms with Crippen molar-refractivity contribution in [3.05, 3.63) is 0 Å². The lowest BCUT2D eigenvalue weighted by atomic mass is 9.99. The van der Waals surface area contributed by atoms with Gasteiger partial charge in [-0.15, -0.1) is 0 Å². The second-order valence-corrected chi connectivity index (χ2v) is 8.56. The average molecular weight is 444 g/mol. The molecule has 0 saturated carbocycles.